The van der Waals surface area contributed by atoms with Crippen molar-refractivity contribution in [3.05, 3.63) is 94.0 Å². The SMILES string of the molecule is CNC(=O)[C@@H](Cc1ccccc1)N(Cc1c(Cl)cccc1Cl)C(=O)CCCN(c1ccccc1OC)S(C)(=O)=O. The monoisotopic (exact) mass is 605 g/mol. The molecular weight excluding hydrogens is 573 g/mol. The summed E-state index contributed by atoms with van der Waals surface area (Å²) in [4.78, 5) is 28.4. The van der Waals surface area contributed by atoms with E-state index in [9.17, 15) is 18.0 Å². The summed E-state index contributed by atoms with van der Waals surface area (Å²) in [5, 5.41) is 3.41. The quantitative estimate of drug-likeness (QED) is 0.298. The van der Waals surface area contributed by atoms with Gasteiger partial charge in [-0.1, -0.05) is 71.7 Å². The maximum atomic E-state index is 13.8. The van der Waals surface area contributed by atoms with E-state index in [4.69, 9.17) is 27.9 Å². The molecule has 3 rings (SSSR count). The van der Waals surface area contributed by atoms with Crippen molar-refractivity contribution in [2.24, 2.45) is 0 Å². The standard InChI is InChI=1S/C29H33Cl2N3O5S/c1-32-29(36)26(19-21-11-5-4-6-12-21)33(20-22-23(30)13-9-14-24(22)31)28(35)17-10-18-34(40(3,37)38)25-15-7-8-16-27(25)39-2/h4-9,11-16,26H,10,17-20H2,1-3H3,(H,32,36)/t26-/m1/s1. The first-order chi connectivity index (χ1) is 19.1. The minimum atomic E-state index is -3.67. The first kappa shape index (κ1) is 31.3. The van der Waals surface area contributed by atoms with Crippen LogP contribution in [0, 0.1) is 0 Å². The number of carbonyl (C=O) groups excluding carboxylic acids is 2. The summed E-state index contributed by atoms with van der Waals surface area (Å²) in [7, 11) is -0.692. The van der Waals surface area contributed by atoms with Gasteiger partial charge < -0.3 is 15.0 Å². The smallest absolute Gasteiger partial charge is 0.242 e. The zero-order valence-corrected chi connectivity index (χ0v) is 25.0. The van der Waals surface area contributed by atoms with E-state index in [-0.39, 0.29) is 44.2 Å². The highest BCUT2D eigenvalue weighted by Crippen LogP contribution is 2.30. The van der Waals surface area contributed by atoms with Gasteiger partial charge in [-0.05, 0) is 36.2 Å². The van der Waals surface area contributed by atoms with Gasteiger partial charge in [0.1, 0.15) is 11.8 Å². The molecule has 40 heavy (non-hydrogen) atoms. The summed E-state index contributed by atoms with van der Waals surface area (Å²) >= 11 is 12.9. The second-order valence-corrected chi connectivity index (χ2v) is 11.9. The summed E-state index contributed by atoms with van der Waals surface area (Å²) in [6.45, 7) is 0.0412. The predicted octanol–water partition coefficient (Wildman–Crippen LogP) is 4.93. The van der Waals surface area contributed by atoms with Crippen LogP contribution in [0.4, 0.5) is 5.69 Å². The lowest BCUT2D eigenvalue weighted by Crippen LogP contribution is -2.50. The second-order valence-electron chi connectivity index (χ2n) is 9.15. The molecule has 0 saturated heterocycles. The van der Waals surface area contributed by atoms with E-state index in [2.05, 4.69) is 5.32 Å². The van der Waals surface area contributed by atoms with Gasteiger partial charge in [-0.3, -0.25) is 13.9 Å². The number of rotatable bonds is 13. The fourth-order valence-corrected chi connectivity index (χ4v) is 5.88. The Balaban J connectivity index is 1.90. The van der Waals surface area contributed by atoms with Crippen LogP contribution in [0.15, 0.2) is 72.8 Å². The molecule has 0 aliphatic carbocycles. The number of carbonyl (C=O) groups is 2. The molecule has 0 fully saturated rings. The van der Waals surface area contributed by atoms with Gasteiger partial charge in [-0.2, -0.15) is 0 Å². The van der Waals surface area contributed by atoms with Crippen molar-refractivity contribution in [3.63, 3.8) is 0 Å². The Morgan fingerprint density at radius 1 is 0.950 bits per heavy atom. The van der Waals surface area contributed by atoms with Crippen molar-refractivity contribution in [1.82, 2.24) is 10.2 Å². The van der Waals surface area contributed by atoms with E-state index >= 15 is 0 Å². The van der Waals surface area contributed by atoms with Gasteiger partial charge in [-0.25, -0.2) is 8.42 Å². The number of nitrogens with zero attached hydrogens (tertiary/aromatic N) is 2. The lowest BCUT2D eigenvalue weighted by Gasteiger charge is -2.32. The Morgan fingerprint density at radius 3 is 2.17 bits per heavy atom. The van der Waals surface area contributed by atoms with Crippen molar-refractivity contribution >= 4 is 50.7 Å². The fraction of sp³-hybridized carbons (Fsp3) is 0.310. The van der Waals surface area contributed by atoms with Gasteiger partial charge in [0, 0.05) is 48.6 Å². The van der Waals surface area contributed by atoms with Gasteiger partial charge >= 0.3 is 0 Å². The van der Waals surface area contributed by atoms with Gasteiger partial charge in [0.05, 0.1) is 19.1 Å². The minimum Gasteiger partial charge on any atom is -0.495 e. The molecule has 0 unspecified atom stereocenters. The van der Waals surface area contributed by atoms with Crippen LogP contribution in [-0.2, 0) is 32.6 Å². The first-order valence-corrected chi connectivity index (χ1v) is 15.3. The molecule has 8 nitrogen and oxygen atoms in total. The van der Waals surface area contributed by atoms with Crippen LogP contribution in [0.25, 0.3) is 0 Å². The number of anilines is 1. The third kappa shape index (κ3) is 8.13. The van der Waals surface area contributed by atoms with Gasteiger partial charge in [0.15, 0.2) is 0 Å². The Labute approximate surface area is 245 Å². The Hall–Kier alpha value is -3.27. The number of likely N-dealkylation sites (N-methyl/N-ethyl adjacent to an activating group) is 1. The van der Waals surface area contributed by atoms with E-state index in [0.717, 1.165) is 11.8 Å². The van der Waals surface area contributed by atoms with Gasteiger partial charge in [0.25, 0.3) is 0 Å². The van der Waals surface area contributed by atoms with E-state index in [1.807, 2.05) is 30.3 Å². The summed E-state index contributed by atoms with van der Waals surface area (Å²) in [5.74, 6) is -0.280. The number of hydrogen-bond donors (Lipinski definition) is 1. The molecule has 3 aromatic rings. The highest BCUT2D eigenvalue weighted by atomic mass is 35.5. The average Bonchev–Trinajstić information content (AvgIpc) is 2.93. The molecule has 214 valence electrons. The number of nitrogens with one attached hydrogen (secondary N) is 1. The molecule has 1 atom stereocenters. The number of halogens is 2. The first-order valence-electron chi connectivity index (χ1n) is 12.7. The third-order valence-corrected chi connectivity index (χ3v) is 8.30. The van der Waals surface area contributed by atoms with E-state index in [0.29, 0.717) is 27.0 Å². The minimum absolute atomic E-state index is 0.00452. The van der Waals surface area contributed by atoms with Crippen LogP contribution in [0.2, 0.25) is 10.0 Å². The molecule has 0 aromatic heterocycles. The third-order valence-electron chi connectivity index (χ3n) is 6.41. The molecule has 0 heterocycles. The lowest BCUT2D eigenvalue weighted by molar-refractivity contribution is -0.141. The fourth-order valence-electron chi connectivity index (χ4n) is 4.39. The van der Waals surface area contributed by atoms with Crippen LogP contribution >= 0.6 is 23.2 Å². The number of benzene rings is 3. The van der Waals surface area contributed by atoms with Gasteiger partial charge in [-0.15, -0.1) is 0 Å². The molecule has 0 spiro atoms. The maximum absolute atomic E-state index is 13.8. The van der Waals surface area contributed by atoms with Gasteiger partial charge in [0.2, 0.25) is 21.8 Å². The van der Waals surface area contributed by atoms with E-state index in [1.165, 1.54) is 23.4 Å². The maximum Gasteiger partial charge on any atom is 0.242 e. The zero-order chi connectivity index (χ0) is 29.3. The van der Waals surface area contributed by atoms with E-state index in [1.54, 1.807) is 42.5 Å². The summed E-state index contributed by atoms with van der Waals surface area (Å²) in [6.07, 6.45) is 1.55. The van der Waals surface area contributed by atoms with Crippen molar-refractivity contribution in [3.8, 4) is 5.75 Å². The Morgan fingerprint density at radius 2 is 1.57 bits per heavy atom. The number of ether oxygens (including phenoxy) is 1. The lowest BCUT2D eigenvalue weighted by atomic mass is 10.0. The molecule has 0 bridgehead atoms. The molecule has 0 radical (unpaired) electrons. The molecule has 0 aliphatic rings. The molecule has 3 aromatic carbocycles. The Kier molecular flexibility index (Phi) is 11.2. The Bertz CT molecular complexity index is 1400. The molecule has 0 aliphatic heterocycles. The molecule has 11 heteroatoms. The number of methoxy groups -OCH3 is 1. The van der Waals surface area contributed by atoms with Crippen LogP contribution in [0.1, 0.15) is 24.0 Å². The second kappa shape index (κ2) is 14.4. The summed E-state index contributed by atoms with van der Waals surface area (Å²) < 4.78 is 31.9. The molecular formula is C29H33Cl2N3O5S. The van der Waals surface area contributed by atoms with Crippen LogP contribution in [-0.4, -0.2) is 58.1 Å². The summed E-state index contributed by atoms with van der Waals surface area (Å²) in [6, 6.07) is 20.4. The number of sulfonamides is 1. The highest BCUT2D eigenvalue weighted by Gasteiger charge is 2.31. The van der Waals surface area contributed by atoms with E-state index < -0.39 is 16.1 Å². The van der Waals surface area contributed by atoms with Crippen LogP contribution < -0.4 is 14.4 Å². The molecule has 2 amide bonds. The number of para-hydroxylation sites is 2. The summed E-state index contributed by atoms with van der Waals surface area (Å²) in [5.41, 5.74) is 1.78. The van der Waals surface area contributed by atoms with Crippen LogP contribution in [0.3, 0.4) is 0 Å². The molecule has 0 saturated carbocycles. The average molecular weight is 607 g/mol. The topological polar surface area (TPSA) is 96.0 Å². The number of amides is 2. The number of hydrogen-bond acceptors (Lipinski definition) is 5. The van der Waals surface area contributed by atoms with Crippen molar-refractivity contribution in [2.75, 3.05) is 31.3 Å². The van der Waals surface area contributed by atoms with Crippen LogP contribution in [0.5, 0.6) is 5.75 Å². The highest BCUT2D eigenvalue weighted by molar-refractivity contribution is 7.92. The normalized spacial score (nSPS) is 11.9. The van der Waals surface area contributed by atoms with Crippen molar-refractivity contribution in [2.45, 2.75) is 31.8 Å². The molecule has 1 N–H and O–H groups in total. The zero-order valence-electron chi connectivity index (χ0n) is 22.6. The van der Waals surface area contributed by atoms with Crippen molar-refractivity contribution < 1.29 is 22.7 Å². The van der Waals surface area contributed by atoms with Crippen molar-refractivity contribution in [1.29, 1.82) is 0 Å². The largest absolute Gasteiger partial charge is 0.495 e. The predicted molar refractivity (Wildman–Crippen MR) is 159 cm³/mol.